The molecule has 2 aromatic carbocycles. The molecule has 392 valence electrons. The van der Waals surface area contributed by atoms with Crippen molar-refractivity contribution in [3.8, 4) is 0 Å². The second-order valence-electron chi connectivity index (χ2n) is 16.6. The quantitative estimate of drug-likeness (QED) is 0.0433. The molecular weight excluding hydrogens is 944 g/mol. The number of amides is 2. The molecule has 6 rings (SSSR count). The zero-order valence-corrected chi connectivity index (χ0v) is 37.1. The number of carbonyl (C=O) groups is 2. The van der Waals surface area contributed by atoms with Gasteiger partial charge in [-0.1, -0.05) is 0 Å². The van der Waals surface area contributed by atoms with Crippen molar-refractivity contribution >= 4 is 23.2 Å². The summed E-state index contributed by atoms with van der Waals surface area (Å²) in [6.45, 7) is -3.54. The minimum Gasteiger partial charge on any atom is -0.394 e. The van der Waals surface area contributed by atoms with E-state index in [2.05, 4.69) is 20.9 Å². The molecule has 28 heteroatoms. The molecule has 4 aliphatic rings. The van der Waals surface area contributed by atoms with Crippen molar-refractivity contribution in [1.82, 2.24) is 10.6 Å². The molecule has 28 nitrogen and oxygen atoms in total. The molecule has 2 amide bonds. The molecule has 0 bridgehead atoms. The minimum absolute atomic E-state index is 0.0756. The van der Waals surface area contributed by atoms with E-state index in [9.17, 15) is 81.1 Å². The Labute approximate surface area is 397 Å². The van der Waals surface area contributed by atoms with Crippen LogP contribution in [0.25, 0.3) is 0 Å². The smallest absolute Gasteiger partial charge is 0.251 e. The topological polar surface area (TPSA) is 440 Å². The van der Waals surface area contributed by atoms with E-state index in [-0.39, 0.29) is 37.4 Å². The highest BCUT2D eigenvalue weighted by Gasteiger charge is 2.52. The van der Waals surface area contributed by atoms with Gasteiger partial charge in [0.2, 0.25) is 0 Å². The van der Waals surface area contributed by atoms with Crippen molar-refractivity contribution in [1.29, 1.82) is 0 Å². The van der Waals surface area contributed by atoms with Crippen molar-refractivity contribution in [2.24, 2.45) is 10.2 Å². The molecule has 0 saturated carbocycles. The summed E-state index contributed by atoms with van der Waals surface area (Å²) in [6.07, 6.45) is -32.1. The van der Waals surface area contributed by atoms with Gasteiger partial charge in [-0.15, -0.1) is 0 Å². The predicted octanol–water partition coefficient (Wildman–Crippen LogP) is -7.16. The zero-order valence-electron chi connectivity index (χ0n) is 37.1. The molecule has 0 spiro atoms. The van der Waals surface area contributed by atoms with E-state index in [0.29, 0.717) is 11.4 Å². The minimum atomic E-state index is -1.82. The van der Waals surface area contributed by atoms with Crippen LogP contribution in [0.1, 0.15) is 20.7 Å². The maximum atomic E-state index is 12.8. The highest BCUT2D eigenvalue weighted by Crippen LogP contribution is 2.32. The molecule has 4 saturated heterocycles. The van der Waals surface area contributed by atoms with Crippen molar-refractivity contribution in [2.75, 3.05) is 52.7 Å². The van der Waals surface area contributed by atoms with Crippen LogP contribution in [0.15, 0.2) is 58.8 Å². The Balaban J connectivity index is 0.886. The Hall–Kier alpha value is -3.90. The molecular formula is C42H60N4O24. The molecule has 70 heavy (non-hydrogen) atoms. The summed E-state index contributed by atoms with van der Waals surface area (Å²) >= 11 is 0. The Kier molecular flexibility index (Phi) is 20.3. The Morgan fingerprint density at radius 2 is 0.743 bits per heavy atom. The van der Waals surface area contributed by atoms with E-state index >= 15 is 0 Å². The third-order valence-corrected chi connectivity index (χ3v) is 11.8. The van der Waals surface area contributed by atoms with Gasteiger partial charge in [-0.05, 0) is 48.5 Å². The van der Waals surface area contributed by atoms with Gasteiger partial charge in [0.1, 0.15) is 97.7 Å². The van der Waals surface area contributed by atoms with Crippen LogP contribution in [-0.4, -0.2) is 259 Å². The molecule has 0 aliphatic carbocycles. The molecule has 0 aromatic heterocycles. The molecule has 0 radical (unpaired) electrons. The van der Waals surface area contributed by atoms with Gasteiger partial charge in [0.25, 0.3) is 11.8 Å². The van der Waals surface area contributed by atoms with Gasteiger partial charge in [0.15, 0.2) is 25.2 Å². The molecule has 4 fully saturated rings. The summed E-state index contributed by atoms with van der Waals surface area (Å²) in [5, 5.41) is 156. The van der Waals surface area contributed by atoms with Crippen LogP contribution in [0, 0.1) is 0 Å². The number of hydrogen-bond acceptors (Lipinski definition) is 26. The Morgan fingerprint density at radius 1 is 0.429 bits per heavy atom. The number of aliphatic hydroxyl groups is 14. The van der Waals surface area contributed by atoms with Gasteiger partial charge < -0.3 is 120 Å². The summed E-state index contributed by atoms with van der Waals surface area (Å²) < 4.78 is 43.7. The second kappa shape index (κ2) is 25.7. The Morgan fingerprint density at radius 3 is 1.07 bits per heavy atom. The summed E-state index contributed by atoms with van der Waals surface area (Å²) in [6, 6.07) is 12.1. The van der Waals surface area contributed by atoms with Gasteiger partial charge in [-0.2, -0.15) is 10.2 Å². The average Bonchev–Trinajstić information content (AvgIpc) is 3.37. The first-order chi connectivity index (χ1) is 33.5. The van der Waals surface area contributed by atoms with Gasteiger partial charge in [0.05, 0.1) is 51.0 Å². The summed E-state index contributed by atoms with van der Waals surface area (Å²) in [5.41, 5.74) is 1.27. The SMILES string of the molecule is O=C(NCCO[C@@H]1O[C@H](CO)[C@@H](O[C@@H]2O[C@H](CO)[C@H](O)[C@H](O)[C@H]2O)[C@H](O)[C@H]1O)c1ccc(N=Nc2ccc(C(=O)NCCO[C@@H]3O[C@H](CO)[C@@H](O[C@@H]4O[C@H](CO)[C@H](O)[C@H](O)[C@H]4O)[C@H](O)[C@H]3O)cc2)cc1. The molecule has 2 aromatic rings. The second-order valence-corrected chi connectivity index (χ2v) is 16.6. The van der Waals surface area contributed by atoms with E-state index in [4.69, 9.17) is 37.9 Å². The standard InChI is InChI=1S/C42H60N4O24/c47-13-21-25(51)27(53)31(57)41(65-21)69-35-23(15-49)67-39(33(59)29(35)55)63-11-9-43-37(61)17-1-5-19(6-2-17)45-46-20-7-3-18(4-8-20)38(62)44-10-12-64-40-34(60)30(56)36(24(16-50)68-40)70-42-32(58)28(54)26(52)22(14-48)66-42/h1-8,21-36,39-42,47-60H,9-16H2,(H,43,61)(H,44,62)/t21-,22-,23-,24-,25+,26+,27+,28+,29-,30-,31-,32-,33-,34-,35-,36-,39-,40-,41+,42+/m1/s1. The van der Waals surface area contributed by atoms with Gasteiger partial charge >= 0.3 is 0 Å². The third kappa shape index (κ3) is 13.2. The number of azo groups is 1. The van der Waals surface area contributed by atoms with Gasteiger partial charge in [0, 0.05) is 24.2 Å². The maximum Gasteiger partial charge on any atom is 0.251 e. The summed E-state index contributed by atoms with van der Waals surface area (Å²) in [5.74, 6) is -0.992. The fourth-order valence-electron chi connectivity index (χ4n) is 7.74. The van der Waals surface area contributed by atoms with E-state index in [1.54, 1.807) is 0 Å². The average molecular weight is 1000 g/mol. The van der Waals surface area contributed by atoms with Crippen molar-refractivity contribution in [3.05, 3.63) is 59.7 Å². The van der Waals surface area contributed by atoms with Crippen LogP contribution in [0.2, 0.25) is 0 Å². The molecule has 4 heterocycles. The number of hydrogen-bond donors (Lipinski definition) is 16. The van der Waals surface area contributed by atoms with Crippen LogP contribution in [0.5, 0.6) is 0 Å². The normalized spacial score (nSPS) is 38.1. The van der Waals surface area contributed by atoms with E-state index in [0.717, 1.165) is 0 Å². The largest absolute Gasteiger partial charge is 0.394 e. The number of aliphatic hydroxyl groups excluding tert-OH is 14. The van der Waals surface area contributed by atoms with Gasteiger partial charge in [-0.25, -0.2) is 0 Å². The first-order valence-electron chi connectivity index (χ1n) is 22.1. The monoisotopic (exact) mass is 1000 g/mol. The number of rotatable bonds is 20. The lowest BCUT2D eigenvalue weighted by molar-refractivity contribution is -0.359. The zero-order chi connectivity index (χ0) is 50.8. The summed E-state index contributed by atoms with van der Waals surface area (Å²) in [4.78, 5) is 25.5. The van der Waals surface area contributed by atoms with Crippen LogP contribution in [0.4, 0.5) is 11.4 Å². The maximum absolute atomic E-state index is 12.8. The number of benzene rings is 2. The number of carbonyl (C=O) groups excluding carboxylic acids is 2. The van der Waals surface area contributed by atoms with Crippen LogP contribution < -0.4 is 10.6 Å². The van der Waals surface area contributed by atoms with Crippen molar-refractivity contribution in [3.63, 3.8) is 0 Å². The van der Waals surface area contributed by atoms with Gasteiger partial charge in [-0.3, -0.25) is 9.59 Å². The predicted molar refractivity (Wildman–Crippen MR) is 226 cm³/mol. The van der Waals surface area contributed by atoms with Crippen molar-refractivity contribution < 1.29 is 119 Å². The van der Waals surface area contributed by atoms with E-state index < -0.39 is 161 Å². The Bertz CT molecular complexity index is 1830. The fourth-order valence-corrected chi connectivity index (χ4v) is 7.74. The number of nitrogens with one attached hydrogen (secondary N) is 2. The van der Waals surface area contributed by atoms with E-state index in [1.165, 1.54) is 48.5 Å². The first kappa shape index (κ1) is 55.4. The fraction of sp³-hybridized carbons (Fsp3) is 0.667. The number of ether oxygens (including phenoxy) is 8. The van der Waals surface area contributed by atoms with Crippen LogP contribution >= 0.6 is 0 Å². The first-order valence-corrected chi connectivity index (χ1v) is 22.1. The summed E-state index contributed by atoms with van der Waals surface area (Å²) in [7, 11) is 0. The molecule has 0 unspecified atom stereocenters. The molecule has 4 aliphatic heterocycles. The van der Waals surface area contributed by atoms with Crippen molar-refractivity contribution in [2.45, 2.75) is 123 Å². The van der Waals surface area contributed by atoms with E-state index in [1.807, 2.05) is 0 Å². The van der Waals surface area contributed by atoms with Crippen LogP contribution in [0.3, 0.4) is 0 Å². The third-order valence-electron chi connectivity index (χ3n) is 11.8. The highest BCUT2D eigenvalue weighted by molar-refractivity contribution is 5.95. The lowest BCUT2D eigenvalue weighted by atomic mass is 9.97. The highest BCUT2D eigenvalue weighted by atomic mass is 16.8. The number of nitrogens with zero attached hydrogens (tertiary/aromatic N) is 2. The van der Waals surface area contributed by atoms with Crippen LogP contribution in [-0.2, 0) is 37.9 Å². The lowest BCUT2D eigenvalue weighted by Crippen LogP contribution is -2.64. The molecule has 20 atom stereocenters. The molecule has 16 N–H and O–H groups in total. The lowest BCUT2D eigenvalue weighted by Gasteiger charge is -2.45.